The van der Waals surface area contributed by atoms with Crippen molar-refractivity contribution in [1.29, 1.82) is 0 Å². The van der Waals surface area contributed by atoms with E-state index in [1.807, 2.05) is 0 Å². The smallest absolute Gasteiger partial charge is 0.350 e. The minimum atomic E-state index is -1.33. The van der Waals surface area contributed by atoms with E-state index < -0.39 is 35.3 Å². The number of rotatable bonds is 8. The van der Waals surface area contributed by atoms with Gasteiger partial charge in [-0.1, -0.05) is 42.2 Å². The van der Waals surface area contributed by atoms with Gasteiger partial charge in [0.15, 0.2) is 5.13 Å². The number of nitrogens with zero attached hydrogens (tertiary/aromatic N) is 2. The number of anilines is 1. The number of Topliss-reactive ketones (excluding diaryl/α,β-unsaturated/α-hetero) is 1. The minimum Gasteiger partial charge on any atom is -0.507 e. The highest BCUT2D eigenvalue weighted by atomic mass is 32.1. The summed E-state index contributed by atoms with van der Waals surface area (Å²) in [6.45, 7) is 9.03. The van der Waals surface area contributed by atoms with Gasteiger partial charge in [-0.05, 0) is 50.6 Å². The zero-order chi connectivity index (χ0) is 27.6. The van der Waals surface area contributed by atoms with Crippen molar-refractivity contribution < 1.29 is 33.4 Å². The summed E-state index contributed by atoms with van der Waals surface area (Å²) in [6.07, 6.45) is 1.59. The van der Waals surface area contributed by atoms with Crippen molar-refractivity contribution in [2.75, 3.05) is 18.1 Å². The molecule has 0 aliphatic carbocycles. The average molecular weight is 537 g/mol. The third-order valence-corrected chi connectivity index (χ3v) is 7.04. The summed E-state index contributed by atoms with van der Waals surface area (Å²) < 4.78 is 25.7. The third-order valence-electron chi connectivity index (χ3n) is 5.90. The number of esters is 1. The Morgan fingerprint density at radius 3 is 2.63 bits per heavy atom. The van der Waals surface area contributed by atoms with Crippen LogP contribution in [0.5, 0.6) is 5.75 Å². The molecule has 1 aliphatic rings. The van der Waals surface area contributed by atoms with Gasteiger partial charge in [-0.2, -0.15) is 0 Å². The van der Waals surface area contributed by atoms with E-state index >= 15 is 4.39 Å². The summed E-state index contributed by atoms with van der Waals surface area (Å²) in [4.78, 5) is 44.5. The average Bonchev–Trinajstić information content (AvgIpc) is 3.40. The Morgan fingerprint density at radius 2 is 1.97 bits per heavy atom. The van der Waals surface area contributed by atoms with Crippen molar-refractivity contribution in [3.05, 3.63) is 93.8 Å². The van der Waals surface area contributed by atoms with Crippen LogP contribution in [-0.4, -0.2) is 41.0 Å². The van der Waals surface area contributed by atoms with Gasteiger partial charge in [0.1, 0.15) is 34.9 Å². The standard InChI is InChI=1S/C28H25FN2O6S/c1-5-13-37-20-12-11-17(14-15(20)3)23(32)21-22(18-9-7-8-10-19(18)29)31(26(34)24(21)33)28-30-16(4)25(38-28)27(35)36-6-2/h5,7-12,14,22,32H,1,6,13H2,2-4H3. The van der Waals surface area contributed by atoms with E-state index in [4.69, 9.17) is 9.47 Å². The number of benzene rings is 2. The molecule has 8 nitrogen and oxygen atoms in total. The highest BCUT2D eigenvalue weighted by Gasteiger charge is 2.49. The van der Waals surface area contributed by atoms with Crippen LogP contribution in [0.4, 0.5) is 9.52 Å². The number of hydrogen-bond acceptors (Lipinski definition) is 8. The predicted molar refractivity (Wildman–Crippen MR) is 141 cm³/mol. The lowest BCUT2D eigenvalue weighted by molar-refractivity contribution is -0.132. The Bertz CT molecular complexity index is 1480. The van der Waals surface area contributed by atoms with Crippen LogP contribution in [0.25, 0.3) is 5.76 Å². The molecule has 196 valence electrons. The van der Waals surface area contributed by atoms with Gasteiger partial charge in [0.2, 0.25) is 0 Å². The summed E-state index contributed by atoms with van der Waals surface area (Å²) in [7, 11) is 0. The van der Waals surface area contributed by atoms with Crippen LogP contribution in [0.2, 0.25) is 0 Å². The maximum absolute atomic E-state index is 15.1. The van der Waals surface area contributed by atoms with Gasteiger partial charge in [0.05, 0.1) is 17.9 Å². The van der Waals surface area contributed by atoms with Crippen molar-refractivity contribution >= 4 is 39.9 Å². The van der Waals surface area contributed by atoms with Crippen molar-refractivity contribution in [2.24, 2.45) is 0 Å². The fourth-order valence-electron chi connectivity index (χ4n) is 4.16. The van der Waals surface area contributed by atoms with E-state index in [9.17, 15) is 19.5 Å². The van der Waals surface area contributed by atoms with Gasteiger partial charge in [-0.25, -0.2) is 14.2 Å². The molecular weight excluding hydrogens is 511 g/mol. The summed E-state index contributed by atoms with van der Waals surface area (Å²) in [5.74, 6) is -3.24. The number of ketones is 1. The molecule has 0 spiro atoms. The summed E-state index contributed by atoms with van der Waals surface area (Å²) in [6, 6.07) is 9.10. The number of ether oxygens (including phenoxy) is 2. The van der Waals surface area contributed by atoms with Gasteiger partial charge in [-0.15, -0.1) is 0 Å². The molecule has 4 rings (SSSR count). The zero-order valence-corrected chi connectivity index (χ0v) is 21.8. The predicted octanol–water partition coefficient (Wildman–Crippen LogP) is 5.27. The van der Waals surface area contributed by atoms with E-state index in [-0.39, 0.29) is 39.9 Å². The third kappa shape index (κ3) is 4.82. The monoisotopic (exact) mass is 536 g/mol. The minimum absolute atomic E-state index is 0.00399. The topological polar surface area (TPSA) is 106 Å². The first-order valence-electron chi connectivity index (χ1n) is 11.7. The van der Waals surface area contributed by atoms with E-state index in [0.717, 1.165) is 16.2 Å². The Labute approximate surface area is 222 Å². The fraction of sp³-hybridized carbons (Fsp3) is 0.214. The first-order chi connectivity index (χ1) is 18.2. The Hall–Kier alpha value is -4.31. The molecule has 3 aromatic rings. The molecule has 2 aromatic carbocycles. The molecule has 1 unspecified atom stereocenters. The van der Waals surface area contributed by atoms with Gasteiger partial charge >= 0.3 is 11.9 Å². The second-order valence-corrected chi connectivity index (χ2v) is 9.38. The molecule has 1 saturated heterocycles. The molecule has 0 bridgehead atoms. The molecule has 0 saturated carbocycles. The van der Waals surface area contributed by atoms with Crippen LogP contribution in [-0.2, 0) is 14.3 Å². The van der Waals surface area contributed by atoms with Gasteiger partial charge in [0.25, 0.3) is 5.78 Å². The second kappa shape index (κ2) is 11.0. The summed E-state index contributed by atoms with van der Waals surface area (Å²) >= 11 is 0.852. The summed E-state index contributed by atoms with van der Waals surface area (Å²) in [5.41, 5.74) is 0.895. The number of carbonyl (C=O) groups is 3. The molecule has 1 amide bonds. The normalized spacial score (nSPS) is 16.5. The zero-order valence-electron chi connectivity index (χ0n) is 21.0. The Kier molecular flexibility index (Phi) is 7.72. The fourth-order valence-corrected chi connectivity index (χ4v) is 5.14. The Balaban J connectivity index is 1.89. The lowest BCUT2D eigenvalue weighted by Gasteiger charge is -2.23. The molecular formula is C28H25FN2O6S. The molecule has 1 fully saturated rings. The van der Waals surface area contributed by atoms with Crippen molar-refractivity contribution in [3.63, 3.8) is 0 Å². The largest absolute Gasteiger partial charge is 0.507 e. The van der Waals surface area contributed by atoms with E-state index in [0.29, 0.717) is 17.0 Å². The number of hydrogen-bond donors (Lipinski definition) is 1. The highest BCUT2D eigenvalue weighted by Crippen LogP contribution is 2.44. The number of aliphatic hydroxyl groups is 1. The van der Waals surface area contributed by atoms with Crippen molar-refractivity contribution in [2.45, 2.75) is 26.8 Å². The lowest BCUT2D eigenvalue weighted by atomic mass is 9.94. The number of aromatic nitrogens is 1. The van der Waals surface area contributed by atoms with Crippen molar-refractivity contribution in [1.82, 2.24) is 4.98 Å². The molecule has 0 radical (unpaired) electrons. The number of aryl methyl sites for hydroxylation is 2. The van der Waals surface area contributed by atoms with Crippen LogP contribution in [0.3, 0.4) is 0 Å². The maximum Gasteiger partial charge on any atom is 0.350 e. The van der Waals surface area contributed by atoms with Gasteiger partial charge in [-0.3, -0.25) is 14.5 Å². The molecule has 10 heteroatoms. The molecule has 1 aromatic heterocycles. The number of amides is 1. The highest BCUT2D eigenvalue weighted by molar-refractivity contribution is 7.17. The molecule has 1 aliphatic heterocycles. The quantitative estimate of drug-likeness (QED) is 0.138. The Morgan fingerprint density at radius 1 is 1.24 bits per heavy atom. The first-order valence-corrected chi connectivity index (χ1v) is 12.6. The number of thiazole rings is 1. The summed E-state index contributed by atoms with van der Waals surface area (Å²) in [5, 5.41) is 11.3. The van der Waals surface area contributed by atoms with Crippen LogP contribution >= 0.6 is 11.3 Å². The lowest BCUT2D eigenvalue weighted by Crippen LogP contribution is -2.29. The van der Waals surface area contributed by atoms with Crippen molar-refractivity contribution in [3.8, 4) is 5.75 Å². The number of carbonyl (C=O) groups excluding carboxylic acids is 3. The first kappa shape index (κ1) is 26.7. The maximum atomic E-state index is 15.1. The van der Waals surface area contributed by atoms with E-state index in [1.54, 1.807) is 51.1 Å². The van der Waals surface area contributed by atoms with Crippen LogP contribution in [0.15, 0.2) is 60.7 Å². The molecule has 2 heterocycles. The second-order valence-electron chi connectivity index (χ2n) is 8.40. The number of aliphatic hydroxyl groups excluding tert-OH is 1. The number of halogens is 1. The van der Waals surface area contributed by atoms with Crippen LogP contribution < -0.4 is 9.64 Å². The molecule has 1 atom stereocenters. The molecule has 1 N–H and O–H groups in total. The van der Waals surface area contributed by atoms with Crippen LogP contribution in [0, 0.1) is 19.7 Å². The SMILES string of the molecule is C=CCOc1ccc(C(O)=C2C(=O)C(=O)N(c3nc(C)c(C(=O)OCC)s3)C2c2ccccc2F)cc1C. The van der Waals surface area contributed by atoms with E-state index in [1.165, 1.54) is 18.2 Å². The van der Waals surface area contributed by atoms with Crippen LogP contribution in [0.1, 0.15) is 45.0 Å². The van der Waals surface area contributed by atoms with E-state index in [2.05, 4.69) is 11.6 Å². The van der Waals surface area contributed by atoms with Gasteiger partial charge in [0, 0.05) is 11.1 Å². The molecule has 38 heavy (non-hydrogen) atoms. The van der Waals surface area contributed by atoms with Gasteiger partial charge < -0.3 is 14.6 Å².